The van der Waals surface area contributed by atoms with Crippen LogP contribution in [0.5, 0.6) is 0 Å². The van der Waals surface area contributed by atoms with Gasteiger partial charge in [-0.25, -0.2) is 8.78 Å². The van der Waals surface area contributed by atoms with Crippen molar-refractivity contribution in [3.63, 3.8) is 0 Å². The molecule has 0 bridgehead atoms. The molecule has 1 aromatic heterocycles. The zero-order chi connectivity index (χ0) is 10.0. The number of alkyl halides is 2. The fourth-order valence-electron chi connectivity index (χ4n) is 1.02. The number of nitrogens with two attached hydrogens (primary N) is 1. The van der Waals surface area contributed by atoms with Gasteiger partial charge >= 0.3 is 0 Å². The summed E-state index contributed by atoms with van der Waals surface area (Å²) < 4.78 is 24.9. The maximum atomic E-state index is 12.4. The predicted octanol–water partition coefficient (Wildman–Crippen LogP) is 3.02. The second-order valence-electron chi connectivity index (χ2n) is 2.77. The standard InChI is InChI=1S/C8H10ClF2NS/c1-4-3-13-7(6(4)9)5(2-12)8(10)11/h3,5,8H,2,12H2,1H3. The Morgan fingerprint density at radius 3 is 2.54 bits per heavy atom. The summed E-state index contributed by atoms with van der Waals surface area (Å²) >= 11 is 7.09. The van der Waals surface area contributed by atoms with E-state index in [-0.39, 0.29) is 6.54 Å². The van der Waals surface area contributed by atoms with Crippen molar-refractivity contribution < 1.29 is 8.78 Å². The molecule has 5 heteroatoms. The van der Waals surface area contributed by atoms with E-state index in [2.05, 4.69) is 0 Å². The highest BCUT2D eigenvalue weighted by Gasteiger charge is 2.25. The molecule has 0 radical (unpaired) electrons. The van der Waals surface area contributed by atoms with E-state index >= 15 is 0 Å². The first-order valence-corrected chi connectivity index (χ1v) is 5.05. The summed E-state index contributed by atoms with van der Waals surface area (Å²) in [5, 5.41) is 2.20. The van der Waals surface area contributed by atoms with Gasteiger partial charge in [-0.1, -0.05) is 11.6 Å². The fourth-order valence-corrected chi connectivity index (χ4v) is 2.48. The normalized spacial score (nSPS) is 13.7. The van der Waals surface area contributed by atoms with Crippen LogP contribution in [0, 0.1) is 6.92 Å². The second kappa shape index (κ2) is 4.35. The van der Waals surface area contributed by atoms with Crippen LogP contribution in [-0.2, 0) is 0 Å². The summed E-state index contributed by atoms with van der Waals surface area (Å²) in [6.07, 6.45) is -2.44. The van der Waals surface area contributed by atoms with Crippen LogP contribution in [-0.4, -0.2) is 13.0 Å². The molecule has 0 fully saturated rings. The summed E-state index contributed by atoms with van der Waals surface area (Å²) in [5.74, 6) is -0.925. The predicted molar refractivity (Wildman–Crippen MR) is 51.9 cm³/mol. The Morgan fingerprint density at radius 2 is 2.23 bits per heavy atom. The average molecular weight is 226 g/mol. The first-order valence-electron chi connectivity index (χ1n) is 3.79. The third kappa shape index (κ3) is 2.18. The van der Waals surface area contributed by atoms with Gasteiger partial charge in [-0.3, -0.25) is 0 Å². The molecule has 2 N–H and O–H groups in total. The van der Waals surface area contributed by atoms with Crippen molar-refractivity contribution in [1.82, 2.24) is 0 Å². The number of rotatable bonds is 3. The molecule has 1 heterocycles. The molecule has 0 saturated heterocycles. The molecule has 0 spiro atoms. The minimum atomic E-state index is -2.44. The van der Waals surface area contributed by atoms with Crippen LogP contribution in [0.1, 0.15) is 16.4 Å². The molecule has 0 aliphatic rings. The highest BCUT2D eigenvalue weighted by atomic mass is 35.5. The van der Waals surface area contributed by atoms with Gasteiger partial charge in [0.2, 0.25) is 6.43 Å². The number of halogens is 3. The van der Waals surface area contributed by atoms with Crippen LogP contribution in [0.2, 0.25) is 5.02 Å². The van der Waals surface area contributed by atoms with Gasteiger partial charge in [-0.2, -0.15) is 0 Å². The molecule has 0 aliphatic heterocycles. The van der Waals surface area contributed by atoms with Crippen molar-refractivity contribution in [1.29, 1.82) is 0 Å². The van der Waals surface area contributed by atoms with Gasteiger partial charge in [-0.05, 0) is 17.9 Å². The van der Waals surface area contributed by atoms with Gasteiger partial charge in [0.25, 0.3) is 0 Å². The van der Waals surface area contributed by atoms with Crippen LogP contribution >= 0.6 is 22.9 Å². The van der Waals surface area contributed by atoms with Gasteiger partial charge in [0.1, 0.15) is 0 Å². The topological polar surface area (TPSA) is 26.0 Å². The number of hydrogen-bond acceptors (Lipinski definition) is 2. The van der Waals surface area contributed by atoms with E-state index in [9.17, 15) is 8.78 Å². The van der Waals surface area contributed by atoms with Crippen molar-refractivity contribution in [3.05, 3.63) is 20.8 Å². The fraction of sp³-hybridized carbons (Fsp3) is 0.500. The van der Waals surface area contributed by atoms with Crippen molar-refractivity contribution in [2.45, 2.75) is 19.3 Å². The van der Waals surface area contributed by atoms with Crippen LogP contribution < -0.4 is 5.73 Å². The molecule has 1 unspecified atom stereocenters. The maximum Gasteiger partial charge on any atom is 0.247 e. The number of aryl methyl sites for hydroxylation is 1. The van der Waals surface area contributed by atoms with Gasteiger partial charge < -0.3 is 5.73 Å². The first kappa shape index (κ1) is 10.9. The smallest absolute Gasteiger partial charge is 0.247 e. The molecule has 1 nitrogen and oxygen atoms in total. The molecule has 0 aliphatic carbocycles. The van der Waals surface area contributed by atoms with Gasteiger partial charge in [0.15, 0.2) is 0 Å². The molecular formula is C8H10ClF2NS. The lowest BCUT2D eigenvalue weighted by Crippen LogP contribution is -2.18. The third-order valence-electron chi connectivity index (χ3n) is 1.82. The lowest BCUT2D eigenvalue weighted by atomic mass is 10.1. The lowest BCUT2D eigenvalue weighted by Gasteiger charge is -2.11. The van der Waals surface area contributed by atoms with E-state index in [1.807, 2.05) is 0 Å². The van der Waals surface area contributed by atoms with Gasteiger partial charge in [-0.15, -0.1) is 11.3 Å². The minimum Gasteiger partial charge on any atom is -0.330 e. The minimum absolute atomic E-state index is 0.0721. The maximum absolute atomic E-state index is 12.4. The molecule has 74 valence electrons. The molecule has 13 heavy (non-hydrogen) atoms. The molecule has 1 aromatic rings. The summed E-state index contributed by atoms with van der Waals surface area (Å²) in [4.78, 5) is 0.497. The molecule has 0 aromatic carbocycles. The van der Waals surface area contributed by atoms with Crippen molar-refractivity contribution in [2.75, 3.05) is 6.54 Å². The van der Waals surface area contributed by atoms with E-state index in [0.29, 0.717) is 9.90 Å². The quantitative estimate of drug-likeness (QED) is 0.841. The van der Waals surface area contributed by atoms with E-state index in [1.165, 1.54) is 11.3 Å². The Bertz CT molecular complexity index is 288. The Morgan fingerprint density at radius 1 is 1.62 bits per heavy atom. The summed E-state index contributed by atoms with van der Waals surface area (Å²) in [6.45, 7) is 1.72. The number of hydrogen-bond donors (Lipinski definition) is 1. The molecule has 0 amide bonds. The largest absolute Gasteiger partial charge is 0.330 e. The Labute approximate surface area is 84.5 Å². The second-order valence-corrected chi connectivity index (χ2v) is 4.06. The van der Waals surface area contributed by atoms with Crippen molar-refractivity contribution in [2.24, 2.45) is 5.73 Å². The highest BCUT2D eigenvalue weighted by Crippen LogP contribution is 2.35. The molecular weight excluding hydrogens is 216 g/mol. The Hall–Kier alpha value is -0.190. The summed E-state index contributed by atoms with van der Waals surface area (Å²) in [5.41, 5.74) is 6.09. The monoisotopic (exact) mass is 225 g/mol. The van der Waals surface area contributed by atoms with Crippen LogP contribution in [0.15, 0.2) is 5.38 Å². The zero-order valence-corrected chi connectivity index (χ0v) is 8.63. The number of thiophene rings is 1. The summed E-state index contributed by atoms with van der Waals surface area (Å²) in [7, 11) is 0. The van der Waals surface area contributed by atoms with Crippen LogP contribution in [0.25, 0.3) is 0 Å². The van der Waals surface area contributed by atoms with Crippen molar-refractivity contribution in [3.8, 4) is 0 Å². The molecule has 1 rings (SSSR count). The SMILES string of the molecule is Cc1csc(C(CN)C(F)F)c1Cl. The lowest BCUT2D eigenvalue weighted by molar-refractivity contribution is 0.118. The van der Waals surface area contributed by atoms with Gasteiger partial charge in [0.05, 0.1) is 10.9 Å². The average Bonchev–Trinajstić information content (AvgIpc) is 2.37. The van der Waals surface area contributed by atoms with Crippen LogP contribution in [0.4, 0.5) is 8.78 Å². The van der Waals surface area contributed by atoms with E-state index in [0.717, 1.165) is 5.56 Å². The molecule has 0 saturated carbocycles. The Balaban J connectivity index is 2.98. The van der Waals surface area contributed by atoms with Gasteiger partial charge in [0, 0.05) is 11.4 Å². The third-order valence-corrected chi connectivity index (χ3v) is 3.67. The van der Waals surface area contributed by atoms with Crippen LogP contribution in [0.3, 0.4) is 0 Å². The van der Waals surface area contributed by atoms with E-state index < -0.39 is 12.3 Å². The first-order chi connectivity index (χ1) is 6.07. The summed E-state index contributed by atoms with van der Waals surface area (Å²) in [6, 6.07) is 0. The van der Waals surface area contributed by atoms with Crippen molar-refractivity contribution >= 4 is 22.9 Å². The van der Waals surface area contributed by atoms with E-state index in [1.54, 1.807) is 12.3 Å². The zero-order valence-electron chi connectivity index (χ0n) is 7.06. The van der Waals surface area contributed by atoms with E-state index in [4.69, 9.17) is 17.3 Å². The Kier molecular flexibility index (Phi) is 3.64. The molecule has 1 atom stereocenters. The highest BCUT2D eigenvalue weighted by molar-refractivity contribution is 7.10.